The number of aliphatic hydroxyl groups excluding tert-OH is 1. The van der Waals surface area contributed by atoms with Gasteiger partial charge in [-0.2, -0.15) is 0 Å². The molecule has 0 aliphatic carbocycles. The number of rotatable bonds is 5. The van der Waals surface area contributed by atoms with Crippen LogP contribution in [-0.2, 0) is 6.42 Å². The van der Waals surface area contributed by atoms with Gasteiger partial charge in [-0.1, -0.05) is 12.1 Å². The van der Waals surface area contributed by atoms with Crippen molar-refractivity contribution in [3.8, 4) is 5.75 Å². The van der Waals surface area contributed by atoms with Crippen molar-refractivity contribution in [2.75, 3.05) is 13.3 Å². The summed E-state index contributed by atoms with van der Waals surface area (Å²) in [6, 6.07) is 7.32. The maximum Gasteiger partial charge on any atom is 0.123 e. The summed E-state index contributed by atoms with van der Waals surface area (Å²) in [5.74, 6) is 0.664. The molecule has 0 saturated heterocycles. The Bertz CT molecular complexity index is 256. The summed E-state index contributed by atoms with van der Waals surface area (Å²) in [5, 5.41) is 9.14. The first-order chi connectivity index (χ1) is 6.72. The van der Waals surface area contributed by atoms with Crippen LogP contribution in [0.15, 0.2) is 24.3 Å². The molecule has 14 heavy (non-hydrogen) atoms. The third-order valence-electron chi connectivity index (χ3n) is 1.80. The van der Waals surface area contributed by atoms with E-state index in [1.807, 2.05) is 12.1 Å². The lowest BCUT2D eigenvalue weighted by molar-refractivity contribution is 0.195. The summed E-state index contributed by atoms with van der Waals surface area (Å²) >= 11 is 0. The van der Waals surface area contributed by atoms with E-state index >= 15 is 0 Å². The molecule has 0 bridgehead atoms. The Morgan fingerprint density at radius 1 is 1.36 bits per heavy atom. The summed E-state index contributed by atoms with van der Waals surface area (Å²) in [7, 11) is 0. The molecule has 1 aromatic carbocycles. The lowest BCUT2D eigenvalue weighted by atomic mass is 10.1. The minimum atomic E-state index is -0.477. The van der Waals surface area contributed by atoms with E-state index in [9.17, 15) is 4.39 Å². The van der Waals surface area contributed by atoms with E-state index in [0.717, 1.165) is 5.56 Å². The van der Waals surface area contributed by atoms with E-state index in [2.05, 4.69) is 0 Å². The topological polar surface area (TPSA) is 29.5 Å². The predicted octanol–water partition coefficient (Wildman–Crippen LogP) is 1.96. The van der Waals surface area contributed by atoms with Crippen molar-refractivity contribution in [1.29, 1.82) is 0 Å². The summed E-state index contributed by atoms with van der Waals surface area (Å²) in [6.45, 7) is 1.36. The zero-order valence-electron chi connectivity index (χ0n) is 8.24. The van der Waals surface area contributed by atoms with Gasteiger partial charge in [-0.15, -0.1) is 0 Å². The van der Waals surface area contributed by atoms with Crippen LogP contribution in [0.4, 0.5) is 4.39 Å². The van der Waals surface area contributed by atoms with Gasteiger partial charge in [-0.25, -0.2) is 4.39 Å². The Kier molecular flexibility index (Phi) is 4.40. The first-order valence-electron chi connectivity index (χ1n) is 4.68. The highest BCUT2D eigenvalue weighted by molar-refractivity contribution is 5.27. The minimum Gasteiger partial charge on any atom is -0.491 e. The molecule has 1 aromatic rings. The lowest BCUT2D eigenvalue weighted by Gasteiger charge is -2.06. The van der Waals surface area contributed by atoms with Crippen LogP contribution < -0.4 is 4.74 Å². The number of benzene rings is 1. The highest BCUT2D eigenvalue weighted by atomic mass is 19.1. The van der Waals surface area contributed by atoms with Gasteiger partial charge in [0.05, 0.1) is 6.10 Å². The number of halogens is 1. The minimum absolute atomic E-state index is 0.0930. The molecule has 0 aliphatic rings. The van der Waals surface area contributed by atoms with Crippen LogP contribution in [0.2, 0.25) is 0 Å². The zero-order chi connectivity index (χ0) is 10.4. The van der Waals surface area contributed by atoms with E-state index in [0.29, 0.717) is 12.2 Å². The van der Waals surface area contributed by atoms with Crippen LogP contribution in [0.25, 0.3) is 0 Å². The SMILES string of the molecule is CC(O)Cc1ccc(OCCF)cc1. The fourth-order valence-electron chi connectivity index (χ4n) is 1.22. The molecule has 78 valence electrons. The van der Waals surface area contributed by atoms with Crippen molar-refractivity contribution < 1.29 is 14.2 Å². The standard InChI is InChI=1S/C11H15FO2/c1-9(13)8-10-2-4-11(5-3-10)14-7-6-12/h2-5,9,13H,6-8H2,1H3. The lowest BCUT2D eigenvalue weighted by Crippen LogP contribution is -2.04. The Morgan fingerprint density at radius 2 is 2.00 bits per heavy atom. The molecular formula is C11H15FO2. The molecule has 0 amide bonds. The molecule has 0 aromatic heterocycles. The molecule has 0 heterocycles. The van der Waals surface area contributed by atoms with Gasteiger partial charge >= 0.3 is 0 Å². The third kappa shape index (κ3) is 3.75. The monoisotopic (exact) mass is 198 g/mol. The van der Waals surface area contributed by atoms with Gasteiger partial charge in [0.2, 0.25) is 0 Å². The number of alkyl halides is 1. The molecule has 0 fully saturated rings. The largest absolute Gasteiger partial charge is 0.491 e. The molecule has 3 heteroatoms. The van der Waals surface area contributed by atoms with E-state index in [1.165, 1.54) is 0 Å². The summed E-state index contributed by atoms with van der Waals surface area (Å²) < 4.78 is 16.8. The Labute approximate surface area is 83.3 Å². The maximum atomic E-state index is 11.8. The predicted molar refractivity (Wildman–Crippen MR) is 53.3 cm³/mol. The summed E-state index contributed by atoms with van der Waals surface area (Å²) in [4.78, 5) is 0. The van der Waals surface area contributed by atoms with E-state index in [1.54, 1.807) is 19.1 Å². The van der Waals surface area contributed by atoms with E-state index in [4.69, 9.17) is 9.84 Å². The quantitative estimate of drug-likeness (QED) is 0.783. The first kappa shape index (κ1) is 11.0. The van der Waals surface area contributed by atoms with Crippen molar-refractivity contribution in [3.63, 3.8) is 0 Å². The summed E-state index contributed by atoms with van der Waals surface area (Å²) in [5.41, 5.74) is 1.05. The highest BCUT2D eigenvalue weighted by Gasteiger charge is 1.99. The Hall–Kier alpha value is -1.09. The summed E-state index contributed by atoms with van der Waals surface area (Å²) in [6.07, 6.45) is 0.288. The van der Waals surface area contributed by atoms with E-state index in [-0.39, 0.29) is 12.7 Å². The molecule has 2 nitrogen and oxygen atoms in total. The van der Waals surface area contributed by atoms with Crippen molar-refractivity contribution in [2.45, 2.75) is 19.4 Å². The maximum absolute atomic E-state index is 11.8. The van der Waals surface area contributed by atoms with Crippen LogP contribution in [0.3, 0.4) is 0 Å². The third-order valence-corrected chi connectivity index (χ3v) is 1.80. The average Bonchev–Trinajstić information content (AvgIpc) is 2.16. The Morgan fingerprint density at radius 3 is 2.50 bits per heavy atom. The normalized spacial score (nSPS) is 12.5. The molecule has 1 unspecified atom stereocenters. The number of ether oxygens (including phenoxy) is 1. The molecule has 0 saturated carbocycles. The molecule has 0 aliphatic heterocycles. The fraction of sp³-hybridized carbons (Fsp3) is 0.455. The van der Waals surface area contributed by atoms with Crippen molar-refractivity contribution in [2.24, 2.45) is 0 Å². The zero-order valence-corrected chi connectivity index (χ0v) is 8.24. The highest BCUT2D eigenvalue weighted by Crippen LogP contribution is 2.13. The van der Waals surface area contributed by atoms with Crippen molar-refractivity contribution >= 4 is 0 Å². The first-order valence-corrected chi connectivity index (χ1v) is 4.68. The molecule has 0 spiro atoms. The molecular weight excluding hydrogens is 183 g/mol. The van der Waals surface area contributed by atoms with Gasteiger partial charge in [-0.3, -0.25) is 0 Å². The number of hydrogen-bond donors (Lipinski definition) is 1. The number of aliphatic hydroxyl groups is 1. The van der Waals surface area contributed by atoms with Gasteiger partial charge in [0.1, 0.15) is 19.0 Å². The smallest absolute Gasteiger partial charge is 0.123 e. The molecule has 0 radical (unpaired) electrons. The van der Waals surface area contributed by atoms with Crippen molar-refractivity contribution in [3.05, 3.63) is 29.8 Å². The average molecular weight is 198 g/mol. The van der Waals surface area contributed by atoms with Gasteiger partial charge in [-0.05, 0) is 31.0 Å². The molecule has 1 rings (SSSR count). The van der Waals surface area contributed by atoms with Crippen LogP contribution in [0.5, 0.6) is 5.75 Å². The second-order valence-electron chi connectivity index (χ2n) is 3.23. The van der Waals surface area contributed by atoms with Crippen LogP contribution in [-0.4, -0.2) is 24.5 Å². The van der Waals surface area contributed by atoms with Gasteiger partial charge < -0.3 is 9.84 Å². The van der Waals surface area contributed by atoms with Crippen molar-refractivity contribution in [1.82, 2.24) is 0 Å². The number of hydrogen-bond acceptors (Lipinski definition) is 2. The fourth-order valence-corrected chi connectivity index (χ4v) is 1.22. The second kappa shape index (κ2) is 5.60. The second-order valence-corrected chi connectivity index (χ2v) is 3.23. The van der Waals surface area contributed by atoms with Crippen LogP contribution in [0, 0.1) is 0 Å². The van der Waals surface area contributed by atoms with Crippen LogP contribution >= 0.6 is 0 Å². The molecule has 1 atom stereocenters. The van der Waals surface area contributed by atoms with E-state index < -0.39 is 6.67 Å². The van der Waals surface area contributed by atoms with Gasteiger partial charge in [0, 0.05) is 0 Å². The molecule has 1 N–H and O–H groups in total. The van der Waals surface area contributed by atoms with Crippen LogP contribution in [0.1, 0.15) is 12.5 Å². The Balaban J connectivity index is 2.50. The van der Waals surface area contributed by atoms with Gasteiger partial charge in [0.25, 0.3) is 0 Å². The van der Waals surface area contributed by atoms with Gasteiger partial charge in [0.15, 0.2) is 0 Å².